The van der Waals surface area contributed by atoms with Crippen LogP contribution >= 0.6 is 11.8 Å². The lowest BCUT2D eigenvalue weighted by Gasteiger charge is -2.19. The Morgan fingerprint density at radius 2 is 2.22 bits per heavy atom. The second-order valence-corrected chi connectivity index (χ2v) is 6.04. The van der Waals surface area contributed by atoms with Crippen molar-refractivity contribution < 1.29 is 0 Å². The molecular formula is C13H28N4S. The van der Waals surface area contributed by atoms with Crippen molar-refractivity contribution in [2.75, 3.05) is 40.0 Å². The first-order valence-electron chi connectivity index (χ1n) is 6.88. The Morgan fingerprint density at radius 1 is 1.44 bits per heavy atom. The number of nitrogens with zero attached hydrogens (tertiary/aromatic N) is 2. The topological polar surface area (TPSA) is 39.7 Å². The fourth-order valence-electron chi connectivity index (χ4n) is 2.20. The van der Waals surface area contributed by atoms with Crippen LogP contribution in [0.25, 0.3) is 0 Å². The molecule has 1 fully saturated rings. The minimum absolute atomic E-state index is 0.595. The Bertz CT molecular complexity index is 257. The van der Waals surface area contributed by atoms with Crippen molar-refractivity contribution in [1.82, 2.24) is 15.5 Å². The molecule has 0 saturated heterocycles. The normalized spacial score (nSPS) is 24.6. The van der Waals surface area contributed by atoms with Gasteiger partial charge in [0.05, 0.1) is 0 Å². The van der Waals surface area contributed by atoms with Gasteiger partial charge >= 0.3 is 0 Å². The fraction of sp³-hybridized carbons (Fsp3) is 0.923. The molecule has 0 aromatic heterocycles. The third-order valence-corrected chi connectivity index (χ3v) is 4.70. The first-order valence-corrected chi connectivity index (χ1v) is 8.16. The number of nitrogens with one attached hydrogen (secondary N) is 2. The second-order valence-electron chi connectivity index (χ2n) is 4.91. The third-order valence-electron chi connectivity index (χ3n) is 3.61. The molecule has 0 spiro atoms. The van der Waals surface area contributed by atoms with Crippen LogP contribution < -0.4 is 10.6 Å². The van der Waals surface area contributed by atoms with E-state index in [9.17, 15) is 0 Å². The number of thioether (sulfide) groups is 1. The first kappa shape index (κ1) is 15.6. The first-order chi connectivity index (χ1) is 8.69. The molecule has 106 valence electrons. The molecule has 2 unspecified atom stereocenters. The maximum atomic E-state index is 4.29. The summed E-state index contributed by atoms with van der Waals surface area (Å²) >= 11 is 1.99. The van der Waals surface area contributed by atoms with Crippen molar-refractivity contribution >= 4 is 17.7 Å². The highest BCUT2D eigenvalue weighted by Crippen LogP contribution is 2.27. The lowest BCUT2D eigenvalue weighted by Crippen LogP contribution is -2.44. The third kappa shape index (κ3) is 5.48. The maximum absolute atomic E-state index is 4.29. The van der Waals surface area contributed by atoms with E-state index < -0.39 is 0 Å². The van der Waals surface area contributed by atoms with Gasteiger partial charge in [-0.3, -0.25) is 4.99 Å². The van der Waals surface area contributed by atoms with Crippen LogP contribution in [0.4, 0.5) is 0 Å². The van der Waals surface area contributed by atoms with Crippen LogP contribution in [0.1, 0.15) is 26.2 Å². The highest BCUT2D eigenvalue weighted by Gasteiger charge is 2.24. The summed E-state index contributed by atoms with van der Waals surface area (Å²) in [5.41, 5.74) is 0. The minimum Gasteiger partial charge on any atom is -0.355 e. The molecule has 2 atom stereocenters. The number of likely N-dealkylation sites (N-methyl/N-ethyl adjacent to an activating group) is 1. The predicted molar refractivity (Wildman–Crippen MR) is 82.6 cm³/mol. The van der Waals surface area contributed by atoms with Crippen molar-refractivity contribution in [1.29, 1.82) is 0 Å². The highest BCUT2D eigenvalue weighted by molar-refractivity contribution is 7.99. The van der Waals surface area contributed by atoms with Gasteiger partial charge in [0.2, 0.25) is 0 Å². The Hall–Kier alpha value is -0.420. The van der Waals surface area contributed by atoms with E-state index >= 15 is 0 Å². The van der Waals surface area contributed by atoms with Crippen LogP contribution in [-0.4, -0.2) is 62.1 Å². The summed E-state index contributed by atoms with van der Waals surface area (Å²) in [6.07, 6.45) is 6.06. The average Bonchev–Trinajstić information content (AvgIpc) is 2.84. The lowest BCUT2D eigenvalue weighted by molar-refractivity contribution is 0.357. The molecule has 1 rings (SSSR count). The van der Waals surface area contributed by atoms with Gasteiger partial charge in [0, 0.05) is 31.4 Å². The molecule has 0 aliphatic heterocycles. The van der Waals surface area contributed by atoms with Crippen molar-refractivity contribution in [3.63, 3.8) is 0 Å². The van der Waals surface area contributed by atoms with Gasteiger partial charge in [-0.25, -0.2) is 0 Å². The highest BCUT2D eigenvalue weighted by atomic mass is 32.2. The molecule has 0 aromatic rings. The van der Waals surface area contributed by atoms with E-state index in [1.807, 2.05) is 18.8 Å². The van der Waals surface area contributed by atoms with Gasteiger partial charge in [0.15, 0.2) is 5.96 Å². The Labute approximate surface area is 116 Å². The van der Waals surface area contributed by atoms with Crippen molar-refractivity contribution in [3.8, 4) is 0 Å². The van der Waals surface area contributed by atoms with E-state index in [2.05, 4.69) is 40.8 Å². The van der Waals surface area contributed by atoms with Crippen molar-refractivity contribution in [2.24, 2.45) is 4.99 Å². The van der Waals surface area contributed by atoms with Crippen LogP contribution in [-0.2, 0) is 0 Å². The summed E-state index contributed by atoms with van der Waals surface area (Å²) < 4.78 is 0. The summed E-state index contributed by atoms with van der Waals surface area (Å²) in [7, 11) is 3.98. The molecule has 2 N–H and O–H groups in total. The molecule has 0 bridgehead atoms. The second kappa shape index (κ2) is 8.64. The van der Waals surface area contributed by atoms with Crippen molar-refractivity contribution in [2.45, 2.75) is 37.5 Å². The summed E-state index contributed by atoms with van der Waals surface area (Å²) in [5, 5.41) is 7.74. The molecule has 0 radical (unpaired) electrons. The SMILES string of the molecule is CCN(C)CCNC(=NC)NC1CCC(SC)C1. The smallest absolute Gasteiger partial charge is 0.191 e. The summed E-state index contributed by atoms with van der Waals surface area (Å²) in [4.78, 5) is 6.59. The standard InChI is InChI=1S/C13H28N4S/c1-5-17(3)9-8-15-13(14-2)16-11-6-7-12(10-11)18-4/h11-12H,5-10H2,1-4H3,(H2,14,15,16). The van der Waals surface area contributed by atoms with Gasteiger partial charge in [-0.15, -0.1) is 0 Å². The zero-order chi connectivity index (χ0) is 13.4. The molecule has 1 aliphatic carbocycles. The summed E-state index contributed by atoms with van der Waals surface area (Å²) in [6.45, 7) is 5.26. The van der Waals surface area contributed by atoms with Gasteiger partial charge in [-0.2, -0.15) is 11.8 Å². The molecule has 1 saturated carbocycles. The number of guanidine groups is 1. The number of aliphatic imine (C=N–C) groups is 1. The molecule has 1 aliphatic rings. The van der Waals surface area contributed by atoms with E-state index in [1.165, 1.54) is 19.3 Å². The molecule has 0 aromatic carbocycles. The predicted octanol–water partition coefficient (Wildman–Crippen LogP) is 1.39. The number of hydrogen-bond acceptors (Lipinski definition) is 3. The van der Waals surface area contributed by atoms with Gasteiger partial charge in [0.1, 0.15) is 0 Å². The van der Waals surface area contributed by atoms with Crippen LogP contribution in [0.15, 0.2) is 4.99 Å². The largest absolute Gasteiger partial charge is 0.355 e. The van der Waals surface area contributed by atoms with E-state index in [1.54, 1.807) is 0 Å². The monoisotopic (exact) mass is 272 g/mol. The van der Waals surface area contributed by atoms with Gasteiger partial charge in [0.25, 0.3) is 0 Å². The van der Waals surface area contributed by atoms with Crippen molar-refractivity contribution in [3.05, 3.63) is 0 Å². The lowest BCUT2D eigenvalue weighted by atomic mass is 10.2. The molecule has 4 nitrogen and oxygen atoms in total. The average molecular weight is 272 g/mol. The zero-order valence-corrected chi connectivity index (χ0v) is 13.0. The molecule has 0 heterocycles. The summed E-state index contributed by atoms with van der Waals surface area (Å²) in [6, 6.07) is 0.595. The molecule has 5 heteroatoms. The minimum atomic E-state index is 0.595. The van der Waals surface area contributed by atoms with Crippen LogP contribution in [0, 0.1) is 0 Å². The number of rotatable bonds is 6. The fourth-order valence-corrected chi connectivity index (χ4v) is 2.99. The van der Waals surface area contributed by atoms with Gasteiger partial charge < -0.3 is 15.5 Å². The number of hydrogen-bond donors (Lipinski definition) is 2. The molecular weight excluding hydrogens is 244 g/mol. The van der Waals surface area contributed by atoms with Gasteiger partial charge in [-0.05, 0) is 39.1 Å². The van der Waals surface area contributed by atoms with E-state index in [0.717, 1.165) is 30.8 Å². The Morgan fingerprint density at radius 3 is 2.78 bits per heavy atom. The molecule has 0 amide bonds. The van der Waals surface area contributed by atoms with Crippen LogP contribution in [0.3, 0.4) is 0 Å². The zero-order valence-electron chi connectivity index (χ0n) is 12.2. The molecule has 18 heavy (non-hydrogen) atoms. The van der Waals surface area contributed by atoms with E-state index in [0.29, 0.717) is 6.04 Å². The Balaban J connectivity index is 2.22. The Kier molecular flexibility index (Phi) is 7.51. The van der Waals surface area contributed by atoms with Crippen LogP contribution in [0.2, 0.25) is 0 Å². The van der Waals surface area contributed by atoms with E-state index in [-0.39, 0.29) is 0 Å². The van der Waals surface area contributed by atoms with Gasteiger partial charge in [-0.1, -0.05) is 6.92 Å². The maximum Gasteiger partial charge on any atom is 0.191 e. The van der Waals surface area contributed by atoms with E-state index in [4.69, 9.17) is 0 Å². The summed E-state index contributed by atoms with van der Waals surface area (Å²) in [5.74, 6) is 0.950. The van der Waals surface area contributed by atoms with Crippen LogP contribution in [0.5, 0.6) is 0 Å². The quantitative estimate of drug-likeness (QED) is 0.566.